The quantitative estimate of drug-likeness (QED) is 0.789. The topological polar surface area (TPSA) is 39.2 Å². The first-order valence-corrected chi connectivity index (χ1v) is 6.41. The second-order valence-electron chi connectivity index (χ2n) is 4.92. The largest absolute Gasteiger partial charge is 0.459 e. The molecule has 3 aromatic rings. The Morgan fingerprint density at radius 3 is 2.33 bits per heavy atom. The van der Waals surface area contributed by atoms with Gasteiger partial charge in [0.05, 0.1) is 6.04 Å². The van der Waals surface area contributed by atoms with E-state index in [0.717, 1.165) is 6.07 Å². The number of rotatable bonds is 3. The summed E-state index contributed by atoms with van der Waals surface area (Å²) in [6.45, 7) is 0. The molecule has 0 fully saturated rings. The molecule has 0 spiro atoms. The number of nitrogens with two attached hydrogens (primary N) is 1. The molecule has 0 aliphatic rings. The van der Waals surface area contributed by atoms with E-state index in [1.54, 1.807) is 6.07 Å². The number of benzene rings is 2. The summed E-state index contributed by atoms with van der Waals surface area (Å²) in [5, 5.41) is 0.603. The Labute approximate surface area is 119 Å². The summed E-state index contributed by atoms with van der Waals surface area (Å²) in [6, 6.07) is 8.48. The van der Waals surface area contributed by atoms with Gasteiger partial charge in [-0.25, -0.2) is 13.2 Å². The minimum atomic E-state index is -0.649. The summed E-state index contributed by atoms with van der Waals surface area (Å²) in [5.74, 6) is -1.22. The summed E-state index contributed by atoms with van der Waals surface area (Å²) in [4.78, 5) is 0. The van der Waals surface area contributed by atoms with Gasteiger partial charge in [-0.15, -0.1) is 0 Å². The third-order valence-corrected chi connectivity index (χ3v) is 3.24. The van der Waals surface area contributed by atoms with E-state index in [2.05, 4.69) is 0 Å². The van der Waals surface area contributed by atoms with E-state index in [4.69, 9.17) is 10.2 Å². The maximum Gasteiger partial charge on any atom is 0.134 e. The Kier molecular flexibility index (Phi) is 3.43. The average molecular weight is 291 g/mol. The van der Waals surface area contributed by atoms with E-state index in [9.17, 15) is 13.2 Å². The zero-order chi connectivity index (χ0) is 15.0. The van der Waals surface area contributed by atoms with Gasteiger partial charge in [-0.05, 0) is 48.4 Å². The summed E-state index contributed by atoms with van der Waals surface area (Å²) in [6.07, 6.45) is 0.219. The van der Waals surface area contributed by atoms with Gasteiger partial charge in [0, 0.05) is 11.5 Å². The molecule has 0 aliphatic carbocycles. The molecular formula is C16H12F3NO. The lowest BCUT2D eigenvalue weighted by molar-refractivity contribution is 0.491. The third kappa shape index (κ3) is 2.92. The molecule has 21 heavy (non-hydrogen) atoms. The van der Waals surface area contributed by atoms with Crippen molar-refractivity contribution in [1.82, 2.24) is 0 Å². The number of fused-ring (bicyclic) bond motifs is 1. The third-order valence-electron chi connectivity index (χ3n) is 3.24. The summed E-state index contributed by atoms with van der Waals surface area (Å²) in [5.41, 5.74) is 6.95. The summed E-state index contributed by atoms with van der Waals surface area (Å²) in [7, 11) is 0. The Balaban J connectivity index is 1.87. The second kappa shape index (κ2) is 5.26. The van der Waals surface area contributed by atoms with Crippen molar-refractivity contribution in [2.24, 2.45) is 5.73 Å². The van der Waals surface area contributed by atoms with Crippen LogP contribution in [-0.4, -0.2) is 0 Å². The first kappa shape index (κ1) is 13.7. The fraction of sp³-hybridized carbons (Fsp3) is 0.125. The van der Waals surface area contributed by atoms with E-state index < -0.39 is 17.7 Å². The predicted molar refractivity (Wildman–Crippen MR) is 73.2 cm³/mol. The molecule has 2 nitrogen and oxygen atoms in total. The van der Waals surface area contributed by atoms with Gasteiger partial charge >= 0.3 is 0 Å². The number of hydrogen-bond donors (Lipinski definition) is 1. The van der Waals surface area contributed by atoms with Crippen LogP contribution >= 0.6 is 0 Å². The monoisotopic (exact) mass is 291 g/mol. The van der Waals surface area contributed by atoms with Crippen LogP contribution in [0.15, 0.2) is 46.9 Å². The van der Waals surface area contributed by atoms with Gasteiger partial charge in [0.15, 0.2) is 0 Å². The van der Waals surface area contributed by atoms with Crippen LogP contribution in [0, 0.1) is 17.5 Å². The van der Waals surface area contributed by atoms with Crippen LogP contribution in [0.1, 0.15) is 17.4 Å². The van der Waals surface area contributed by atoms with Gasteiger partial charge in [-0.1, -0.05) is 0 Å². The molecule has 3 rings (SSSR count). The molecular weight excluding hydrogens is 279 g/mol. The number of hydrogen-bond acceptors (Lipinski definition) is 2. The zero-order valence-corrected chi connectivity index (χ0v) is 10.9. The molecule has 0 aliphatic heterocycles. The molecule has 1 unspecified atom stereocenters. The highest BCUT2D eigenvalue weighted by molar-refractivity contribution is 5.78. The minimum Gasteiger partial charge on any atom is -0.459 e. The lowest BCUT2D eigenvalue weighted by atomic mass is 10.0. The van der Waals surface area contributed by atoms with Crippen molar-refractivity contribution in [3.05, 3.63) is 71.2 Å². The lowest BCUT2D eigenvalue weighted by Crippen LogP contribution is -2.12. The van der Waals surface area contributed by atoms with Crippen LogP contribution in [0.5, 0.6) is 0 Å². The van der Waals surface area contributed by atoms with E-state index >= 15 is 0 Å². The smallest absolute Gasteiger partial charge is 0.134 e. The van der Waals surface area contributed by atoms with Crippen molar-refractivity contribution >= 4 is 11.0 Å². The van der Waals surface area contributed by atoms with Gasteiger partial charge in [0.25, 0.3) is 0 Å². The van der Waals surface area contributed by atoms with Crippen LogP contribution in [0.2, 0.25) is 0 Å². The SMILES string of the molecule is NC(Cc1cc(F)cc(F)c1)c1cc2cc(F)ccc2o1. The first-order valence-electron chi connectivity index (χ1n) is 6.41. The van der Waals surface area contributed by atoms with Crippen molar-refractivity contribution in [1.29, 1.82) is 0 Å². The molecule has 108 valence electrons. The molecule has 0 bridgehead atoms. The molecule has 0 radical (unpaired) electrons. The fourth-order valence-corrected chi connectivity index (χ4v) is 2.30. The Morgan fingerprint density at radius 2 is 1.62 bits per heavy atom. The lowest BCUT2D eigenvalue weighted by Gasteiger charge is -2.08. The highest BCUT2D eigenvalue weighted by Gasteiger charge is 2.14. The van der Waals surface area contributed by atoms with Gasteiger partial charge in [0.1, 0.15) is 28.8 Å². The van der Waals surface area contributed by atoms with Crippen LogP contribution in [0.4, 0.5) is 13.2 Å². The summed E-state index contributed by atoms with van der Waals surface area (Å²) < 4.78 is 45.0. The average Bonchev–Trinajstić information content (AvgIpc) is 2.80. The van der Waals surface area contributed by atoms with E-state index in [-0.39, 0.29) is 12.2 Å². The predicted octanol–water partition coefficient (Wildman–Crippen LogP) is 4.09. The maximum absolute atomic E-state index is 13.1. The van der Waals surface area contributed by atoms with Crippen LogP contribution < -0.4 is 5.73 Å². The molecule has 0 saturated carbocycles. The molecule has 2 N–H and O–H groups in total. The molecule has 1 aromatic heterocycles. The first-order chi connectivity index (χ1) is 10.0. The number of halogens is 3. The summed E-state index contributed by atoms with van der Waals surface area (Å²) >= 11 is 0. The van der Waals surface area contributed by atoms with Crippen LogP contribution in [0.3, 0.4) is 0 Å². The standard InChI is InChI=1S/C16H12F3NO/c17-11-1-2-15-10(6-11)7-16(21-15)14(20)5-9-3-12(18)8-13(19)4-9/h1-4,6-8,14H,5,20H2. The Bertz CT molecular complexity index is 777. The second-order valence-corrected chi connectivity index (χ2v) is 4.92. The molecule has 1 heterocycles. The molecule has 5 heteroatoms. The van der Waals surface area contributed by atoms with E-state index in [0.29, 0.717) is 22.3 Å². The van der Waals surface area contributed by atoms with Crippen molar-refractivity contribution in [3.8, 4) is 0 Å². The van der Waals surface area contributed by atoms with Gasteiger partial charge in [-0.2, -0.15) is 0 Å². The minimum absolute atomic E-state index is 0.219. The van der Waals surface area contributed by atoms with Crippen molar-refractivity contribution in [3.63, 3.8) is 0 Å². The molecule has 2 aromatic carbocycles. The van der Waals surface area contributed by atoms with Gasteiger partial charge < -0.3 is 10.2 Å². The highest BCUT2D eigenvalue weighted by Crippen LogP contribution is 2.25. The Hall–Kier alpha value is -2.27. The molecule has 1 atom stereocenters. The number of furan rings is 1. The molecule has 0 saturated heterocycles. The zero-order valence-electron chi connectivity index (χ0n) is 10.9. The van der Waals surface area contributed by atoms with Crippen molar-refractivity contribution in [2.45, 2.75) is 12.5 Å². The van der Waals surface area contributed by atoms with Gasteiger partial charge in [-0.3, -0.25) is 0 Å². The highest BCUT2D eigenvalue weighted by atomic mass is 19.1. The Morgan fingerprint density at radius 1 is 0.905 bits per heavy atom. The van der Waals surface area contributed by atoms with Crippen molar-refractivity contribution in [2.75, 3.05) is 0 Å². The maximum atomic E-state index is 13.1. The molecule has 0 amide bonds. The van der Waals surface area contributed by atoms with Gasteiger partial charge in [0.2, 0.25) is 0 Å². The van der Waals surface area contributed by atoms with E-state index in [1.165, 1.54) is 30.3 Å². The van der Waals surface area contributed by atoms with E-state index in [1.807, 2.05) is 0 Å². The van der Waals surface area contributed by atoms with Crippen molar-refractivity contribution < 1.29 is 17.6 Å². The van der Waals surface area contributed by atoms with Crippen LogP contribution in [-0.2, 0) is 6.42 Å². The normalized spacial score (nSPS) is 12.8. The van der Waals surface area contributed by atoms with Crippen LogP contribution in [0.25, 0.3) is 11.0 Å². The fourth-order valence-electron chi connectivity index (χ4n) is 2.30.